The number of ketones is 1. The van der Waals surface area contributed by atoms with E-state index in [9.17, 15) is 9.59 Å². The number of rotatable bonds is 4. The molecule has 4 rings (SSSR count). The SMILES string of the molecule is C[C@H](NC(=O)c1cccc2c1CCC2=O)c1nc(-c2cccnc2)no1. The molecule has 0 unspecified atom stereocenters. The Kier molecular flexibility index (Phi) is 4.04. The fraction of sp³-hybridized carbons (Fsp3) is 0.211. The maximum atomic E-state index is 12.6. The average Bonchev–Trinajstić information content (AvgIpc) is 3.30. The lowest BCUT2D eigenvalue weighted by molar-refractivity contribution is 0.0931. The minimum Gasteiger partial charge on any atom is -0.341 e. The van der Waals surface area contributed by atoms with Gasteiger partial charge in [0.05, 0.1) is 0 Å². The van der Waals surface area contributed by atoms with E-state index in [0.717, 1.165) is 11.1 Å². The van der Waals surface area contributed by atoms with Gasteiger partial charge in [0.1, 0.15) is 6.04 Å². The largest absolute Gasteiger partial charge is 0.341 e. The smallest absolute Gasteiger partial charge is 0.252 e. The number of nitrogens with one attached hydrogen (secondary N) is 1. The molecule has 0 saturated carbocycles. The third-order valence-electron chi connectivity index (χ3n) is 4.40. The van der Waals surface area contributed by atoms with Gasteiger partial charge in [0.15, 0.2) is 5.78 Å². The van der Waals surface area contributed by atoms with Crippen LogP contribution in [-0.2, 0) is 6.42 Å². The molecule has 1 N–H and O–H groups in total. The molecule has 3 aromatic rings. The van der Waals surface area contributed by atoms with E-state index in [1.54, 1.807) is 43.6 Å². The average molecular weight is 348 g/mol. The number of fused-ring (bicyclic) bond motifs is 1. The lowest BCUT2D eigenvalue weighted by Crippen LogP contribution is -2.27. The summed E-state index contributed by atoms with van der Waals surface area (Å²) in [7, 11) is 0. The van der Waals surface area contributed by atoms with Gasteiger partial charge >= 0.3 is 0 Å². The number of nitrogens with zero attached hydrogens (tertiary/aromatic N) is 3. The monoisotopic (exact) mass is 348 g/mol. The molecule has 0 aliphatic heterocycles. The quantitative estimate of drug-likeness (QED) is 0.778. The van der Waals surface area contributed by atoms with Crippen LogP contribution >= 0.6 is 0 Å². The Morgan fingerprint density at radius 3 is 2.92 bits per heavy atom. The van der Waals surface area contributed by atoms with Crippen molar-refractivity contribution in [1.29, 1.82) is 0 Å². The zero-order valence-corrected chi connectivity index (χ0v) is 14.1. The summed E-state index contributed by atoms with van der Waals surface area (Å²) in [5.74, 6) is 0.548. The van der Waals surface area contributed by atoms with Crippen molar-refractivity contribution < 1.29 is 14.1 Å². The summed E-state index contributed by atoms with van der Waals surface area (Å²) in [6, 6.07) is 8.38. The minimum absolute atomic E-state index is 0.0840. The molecular weight excluding hydrogens is 332 g/mol. The molecule has 0 saturated heterocycles. The van der Waals surface area contributed by atoms with E-state index in [4.69, 9.17) is 4.52 Å². The lowest BCUT2D eigenvalue weighted by atomic mass is 10.0. The summed E-state index contributed by atoms with van der Waals surface area (Å²) in [5, 5.41) is 6.79. The fourth-order valence-electron chi connectivity index (χ4n) is 3.06. The van der Waals surface area contributed by atoms with Crippen LogP contribution in [0.1, 0.15) is 51.6 Å². The van der Waals surface area contributed by atoms with E-state index < -0.39 is 6.04 Å². The normalized spacial score (nSPS) is 14.1. The molecule has 0 spiro atoms. The predicted molar refractivity (Wildman–Crippen MR) is 92.5 cm³/mol. The molecule has 1 aliphatic rings. The summed E-state index contributed by atoms with van der Waals surface area (Å²) in [6.45, 7) is 1.77. The molecule has 26 heavy (non-hydrogen) atoms. The number of amides is 1. The first-order valence-corrected chi connectivity index (χ1v) is 8.33. The molecule has 130 valence electrons. The van der Waals surface area contributed by atoms with Crippen LogP contribution in [0.5, 0.6) is 0 Å². The summed E-state index contributed by atoms with van der Waals surface area (Å²) in [6.07, 6.45) is 4.35. The van der Waals surface area contributed by atoms with Crippen molar-refractivity contribution in [1.82, 2.24) is 20.4 Å². The highest BCUT2D eigenvalue weighted by atomic mass is 16.5. The van der Waals surface area contributed by atoms with Gasteiger partial charge in [-0.1, -0.05) is 17.3 Å². The summed E-state index contributed by atoms with van der Waals surface area (Å²) in [4.78, 5) is 32.8. The Morgan fingerprint density at radius 1 is 1.23 bits per heavy atom. The number of pyridine rings is 1. The third kappa shape index (κ3) is 2.88. The first-order valence-electron chi connectivity index (χ1n) is 8.33. The van der Waals surface area contributed by atoms with Crippen LogP contribution < -0.4 is 5.32 Å². The Bertz CT molecular complexity index is 981. The van der Waals surface area contributed by atoms with E-state index in [0.29, 0.717) is 35.7 Å². The number of aromatic nitrogens is 3. The van der Waals surface area contributed by atoms with E-state index >= 15 is 0 Å². The Hall–Kier alpha value is -3.35. The Morgan fingerprint density at radius 2 is 2.12 bits per heavy atom. The Balaban J connectivity index is 1.52. The van der Waals surface area contributed by atoms with E-state index in [2.05, 4.69) is 20.4 Å². The van der Waals surface area contributed by atoms with E-state index in [1.807, 2.05) is 6.07 Å². The summed E-state index contributed by atoms with van der Waals surface area (Å²) < 4.78 is 5.27. The van der Waals surface area contributed by atoms with Crippen LogP contribution in [-0.4, -0.2) is 26.8 Å². The van der Waals surface area contributed by atoms with Crippen molar-refractivity contribution in [3.63, 3.8) is 0 Å². The highest BCUT2D eigenvalue weighted by Crippen LogP contribution is 2.26. The van der Waals surface area contributed by atoms with Crippen LogP contribution in [0.4, 0.5) is 0 Å². The zero-order chi connectivity index (χ0) is 18.1. The van der Waals surface area contributed by atoms with Gasteiger partial charge in [0, 0.05) is 35.5 Å². The zero-order valence-electron chi connectivity index (χ0n) is 14.1. The lowest BCUT2D eigenvalue weighted by Gasteiger charge is -2.12. The van der Waals surface area contributed by atoms with Gasteiger partial charge in [-0.2, -0.15) is 4.98 Å². The van der Waals surface area contributed by atoms with Crippen molar-refractivity contribution in [3.05, 3.63) is 65.3 Å². The molecule has 1 amide bonds. The van der Waals surface area contributed by atoms with Crippen LogP contribution in [0.25, 0.3) is 11.4 Å². The van der Waals surface area contributed by atoms with Crippen molar-refractivity contribution in [3.8, 4) is 11.4 Å². The Labute approximate surface area is 149 Å². The number of hydrogen-bond donors (Lipinski definition) is 1. The van der Waals surface area contributed by atoms with Crippen molar-refractivity contribution in [2.24, 2.45) is 0 Å². The molecule has 7 heteroatoms. The molecule has 0 fully saturated rings. The number of benzene rings is 1. The summed E-state index contributed by atoms with van der Waals surface area (Å²) in [5.41, 5.74) is 2.71. The third-order valence-corrected chi connectivity index (χ3v) is 4.40. The van der Waals surface area contributed by atoms with Gasteiger partial charge in [-0.3, -0.25) is 14.6 Å². The van der Waals surface area contributed by atoms with Gasteiger partial charge in [-0.25, -0.2) is 0 Å². The number of carbonyl (C=O) groups excluding carboxylic acids is 2. The second kappa shape index (κ2) is 6.51. The van der Waals surface area contributed by atoms with Gasteiger partial charge in [0.25, 0.3) is 5.91 Å². The standard InChI is InChI=1S/C19H16N4O3/c1-11(19-22-17(23-26-19)12-4-3-9-20-10-12)21-18(25)15-6-2-5-14-13(15)7-8-16(14)24/h2-6,9-11H,7-8H2,1H3,(H,21,25)/t11-/m0/s1. The number of Topliss-reactive ketones (excluding diaryl/α,β-unsaturated/α-hetero) is 1. The first-order chi connectivity index (χ1) is 12.6. The molecule has 7 nitrogen and oxygen atoms in total. The highest BCUT2D eigenvalue weighted by molar-refractivity contribution is 6.05. The maximum Gasteiger partial charge on any atom is 0.252 e. The van der Waals surface area contributed by atoms with Gasteiger partial charge in [-0.05, 0) is 37.1 Å². The molecular formula is C19H16N4O3. The number of carbonyl (C=O) groups is 2. The first kappa shape index (κ1) is 16.1. The van der Waals surface area contributed by atoms with Crippen LogP contribution in [0.3, 0.4) is 0 Å². The van der Waals surface area contributed by atoms with E-state index in [1.165, 1.54) is 0 Å². The predicted octanol–water partition coefficient (Wildman–Crippen LogP) is 2.75. The van der Waals surface area contributed by atoms with Crippen molar-refractivity contribution in [2.75, 3.05) is 0 Å². The second-order valence-electron chi connectivity index (χ2n) is 6.15. The highest BCUT2D eigenvalue weighted by Gasteiger charge is 2.26. The van der Waals surface area contributed by atoms with Crippen molar-refractivity contribution >= 4 is 11.7 Å². The molecule has 2 aromatic heterocycles. The number of hydrogen-bond acceptors (Lipinski definition) is 6. The molecule has 1 aromatic carbocycles. The summed E-state index contributed by atoms with van der Waals surface area (Å²) >= 11 is 0. The van der Waals surface area contributed by atoms with Crippen LogP contribution in [0, 0.1) is 0 Å². The van der Waals surface area contributed by atoms with Crippen LogP contribution in [0.15, 0.2) is 47.2 Å². The molecule has 0 radical (unpaired) electrons. The molecule has 2 heterocycles. The molecule has 1 aliphatic carbocycles. The van der Waals surface area contributed by atoms with E-state index in [-0.39, 0.29) is 11.7 Å². The van der Waals surface area contributed by atoms with Crippen LogP contribution in [0.2, 0.25) is 0 Å². The fourth-order valence-corrected chi connectivity index (χ4v) is 3.06. The second-order valence-corrected chi connectivity index (χ2v) is 6.15. The van der Waals surface area contributed by atoms with Crippen molar-refractivity contribution in [2.45, 2.75) is 25.8 Å². The molecule has 0 bridgehead atoms. The minimum atomic E-state index is -0.464. The molecule has 1 atom stereocenters. The maximum absolute atomic E-state index is 12.6. The van der Waals surface area contributed by atoms with Gasteiger partial charge in [0.2, 0.25) is 11.7 Å². The van der Waals surface area contributed by atoms with Gasteiger partial charge < -0.3 is 9.84 Å². The topological polar surface area (TPSA) is 98.0 Å². The van der Waals surface area contributed by atoms with Gasteiger partial charge in [-0.15, -0.1) is 0 Å².